The molecule has 0 N–H and O–H groups in total. The summed E-state index contributed by atoms with van der Waals surface area (Å²) in [5.41, 5.74) is 6.56. The van der Waals surface area contributed by atoms with Crippen molar-refractivity contribution in [3.8, 4) is 11.4 Å². The smallest absolute Gasteiger partial charge is 0.253 e. The number of anilines is 1. The van der Waals surface area contributed by atoms with Crippen LogP contribution in [0, 0.1) is 13.8 Å². The molecule has 3 aromatic rings. The van der Waals surface area contributed by atoms with Gasteiger partial charge in [-0.3, -0.25) is 4.79 Å². The molecule has 178 valence electrons. The van der Waals surface area contributed by atoms with E-state index < -0.39 is 0 Å². The number of hydrogen-bond donors (Lipinski definition) is 0. The first-order valence-electron chi connectivity index (χ1n) is 12.6. The van der Waals surface area contributed by atoms with Crippen molar-refractivity contribution in [1.29, 1.82) is 0 Å². The molecule has 5 nitrogen and oxygen atoms in total. The highest BCUT2D eigenvalue weighted by molar-refractivity contribution is 5.94. The van der Waals surface area contributed by atoms with Gasteiger partial charge in [-0.15, -0.1) is 0 Å². The van der Waals surface area contributed by atoms with Crippen molar-refractivity contribution in [2.24, 2.45) is 0 Å². The summed E-state index contributed by atoms with van der Waals surface area (Å²) in [5, 5.41) is 0. The SMILES string of the molecule is CCCCc1ccc(C(=O)N2CCN(c3nc(-c4cccc(C)c4)nc(C)c3CC)CC2)cc1. The van der Waals surface area contributed by atoms with Crippen LogP contribution in [0.1, 0.15) is 59.4 Å². The van der Waals surface area contributed by atoms with Crippen molar-refractivity contribution in [3.05, 3.63) is 76.5 Å². The lowest BCUT2D eigenvalue weighted by molar-refractivity contribution is 0.0746. The van der Waals surface area contributed by atoms with E-state index in [9.17, 15) is 4.79 Å². The molecular weight excluding hydrogens is 420 g/mol. The maximum absolute atomic E-state index is 13.1. The average Bonchev–Trinajstić information content (AvgIpc) is 2.87. The summed E-state index contributed by atoms with van der Waals surface area (Å²) < 4.78 is 0. The van der Waals surface area contributed by atoms with Crippen molar-refractivity contribution in [3.63, 3.8) is 0 Å². The highest BCUT2D eigenvalue weighted by atomic mass is 16.2. The second-order valence-electron chi connectivity index (χ2n) is 9.24. The van der Waals surface area contributed by atoms with E-state index in [-0.39, 0.29) is 5.91 Å². The molecule has 0 unspecified atom stereocenters. The van der Waals surface area contributed by atoms with Crippen LogP contribution in [-0.2, 0) is 12.8 Å². The second kappa shape index (κ2) is 10.8. The van der Waals surface area contributed by atoms with Crippen LogP contribution in [-0.4, -0.2) is 47.0 Å². The number of benzene rings is 2. The molecule has 0 atom stereocenters. The van der Waals surface area contributed by atoms with Crippen LogP contribution in [0.2, 0.25) is 0 Å². The molecule has 1 fully saturated rings. The molecule has 2 heterocycles. The monoisotopic (exact) mass is 456 g/mol. The van der Waals surface area contributed by atoms with Gasteiger partial charge in [-0.25, -0.2) is 9.97 Å². The van der Waals surface area contributed by atoms with Gasteiger partial charge in [0.15, 0.2) is 5.82 Å². The quantitative estimate of drug-likeness (QED) is 0.462. The molecule has 1 aliphatic heterocycles. The molecule has 0 bridgehead atoms. The number of nitrogens with zero attached hydrogens (tertiary/aromatic N) is 4. The van der Waals surface area contributed by atoms with Crippen LogP contribution < -0.4 is 4.90 Å². The maximum Gasteiger partial charge on any atom is 0.253 e. The van der Waals surface area contributed by atoms with E-state index in [0.29, 0.717) is 13.1 Å². The zero-order valence-electron chi connectivity index (χ0n) is 21.0. The molecule has 1 saturated heterocycles. The molecular formula is C29H36N4O. The van der Waals surface area contributed by atoms with Crippen LogP contribution in [0.4, 0.5) is 5.82 Å². The van der Waals surface area contributed by atoms with E-state index in [2.05, 4.69) is 69.0 Å². The van der Waals surface area contributed by atoms with E-state index in [1.165, 1.54) is 29.5 Å². The number of aromatic nitrogens is 2. The van der Waals surface area contributed by atoms with E-state index in [1.54, 1.807) is 0 Å². The van der Waals surface area contributed by atoms with Gasteiger partial charge in [-0.1, -0.05) is 56.2 Å². The number of carbonyl (C=O) groups is 1. The standard InChI is InChI=1S/C29H36N4O/c1-5-7-10-23-12-14-24(15-13-23)29(34)33-18-16-32(17-19-33)28-26(6-2)22(4)30-27(31-28)25-11-8-9-21(3)20-25/h8-9,11-15,20H,5-7,10,16-19H2,1-4H3. The summed E-state index contributed by atoms with van der Waals surface area (Å²) in [6, 6.07) is 16.5. The van der Waals surface area contributed by atoms with Gasteiger partial charge in [0, 0.05) is 48.6 Å². The first-order chi connectivity index (χ1) is 16.5. The summed E-state index contributed by atoms with van der Waals surface area (Å²) in [6.07, 6.45) is 4.33. The lowest BCUT2D eigenvalue weighted by atomic mass is 10.1. The Labute approximate surface area is 203 Å². The molecule has 5 heteroatoms. The van der Waals surface area contributed by atoms with Crippen molar-refractivity contribution < 1.29 is 4.79 Å². The van der Waals surface area contributed by atoms with Crippen LogP contribution in [0.15, 0.2) is 48.5 Å². The van der Waals surface area contributed by atoms with Crippen molar-refractivity contribution >= 4 is 11.7 Å². The molecule has 0 saturated carbocycles. The Morgan fingerprint density at radius 3 is 2.32 bits per heavy atom. The lowest BCUT2D eigenvalue weighted by Gasteiger charge is -2.36. The summed E-state index contributed by atoms with van der Waals surface area (Å²) in [4.78, 5) is 27.2. The number of carbonyl (C=O) groups excluding carboxylic acids is 1. The third-order valence-corrected chi connectivity index (χ3v) is 6.71. The topological polar surface area (TPSA) is 49.3 Å². The molecule has 2 aromatic carbocycles. The van der Waals surface area contributed by atoms with Gasteiger partial charge < -0.3 is 9.80 Å². The summed E-state index contributed by atoms with van der Waals surface area (Å²) in [7, 11) is 0. The third-order valence-electron chi connectivity index (χ3n) is 6.71. The Bertz CT molecular complexity index is 1130. The Morgan fingerprint density at radius 1 is 0.941 bits per heavy atom. The molecule has 4 rings (SSSR count). The molecule has 0 radical (unpaired) electrons. The van der Waals surface area contributed by atoms with E-state index in [4.69, 9.17) is 9.97 Å². The molecule has 1 aromatic heterocycles. The first-order valence-corrected chi connectivity index (χ1v) is 12.6. The molecule has 34 heavy (non-hydrogen) atoms. The van der Waals surface area contributed by atoms with Gasteiger partial charge in [0.1, 0.15) is 5.82 Å². The van der Waals surface area contributed by atoms with Gasteiger partial charge in [-0.2, -0.15) is 0 Å². The van der Waals surface area contributed by atoms with Gasteiger partial charge >= 0.3 is 0 Å². The fourth-order valence-electron chi connectivity index (χ4n) is 4.67. The fraction of sp³-hybridized carbons (Fsp3) is 0.414. The van der Waals surface area contributed by atoms with Gasteiger partial charge in [0.25, 0.3) is 5.91 Å². The fourth-order valence-corrected chi connectivity index (χ4v) is 4.67. The minimum Gasteiger partial charge on any atom is -0.353 e. The van der Waals surface area contributed by atoms with Crippen molar-refractivity contribution in [1.82, 2.24) is 14.9 Å². The van der Waals surface area contributed by atoms with E-state index in [0.717, 1.165) is 54.4 Å². The van der Waals surface area contributed by atoms with Gasteiger partial charge in [-0.05, 0) is 56.9 Å². The molecule has 0 aliphatic carbocycles. The highest BCUT2D eigenvalue weighted by Crippen LogP contribution is 2.27. The third kappa shape index (κ3) is 5.30. The number of piperazine rings is 1. The minimum atomic E-state index is 0.122. The first kappa shape index (κ1) is 23.9. The Kier molecular flexibility index (Phi) is 7.61. The maximum atomic E-state index is 13.1. The number of hydrogen-bond acceptors (Lipinski definition) is 4. The highest BCUT2D eigenvalue weighted by Gasteiger charge is 2.25. The average molecular weight is 457 g/mol. The summed E-state index contributed by atoms with van der Waals surface area (Å²) in [5.74, 6) is 1.91. The van der Waals surface area contributed by atoms with Crippen molar-refractivity contribution in [2.75, 3.05) is 31.1 Å². The Balaban J connectivity index is 1.48. The van der Waals surface area contributed by atoms with Gasteiger partial charge in [0.2, 0.25) is 0 Å². The van der Waals surface area contributed by atoms with Crippen LogP contribution >= 0.6 is 0 Å². The Morgan fingerprint density at radius 2 is 1.68 bits per heavy atom. The van der Waals surface area contributed by atoms with Crippen molar-refractivity contribution in [2.45, 2.75) is 53.4 Å². The Hall–Kier alpha value is -3.21. The molecule has 0 spiro atoms. The minimum absolute atomic E-state index is 0.122. The predicted molar refractivity (Wildman–Crippen MR) is 139 cm³/mol. The number of rotatable bonds is 7. The number of amides is 1. The number of aryl methyl sites for hydroxylation is 3. The predicted octanol–water partition coefficient (Wildman–Crippen LogP) is 5.63. The molecule has 1 amide bonds. The zero-order valence-corrected chi connectivity index (χ0v) is 21.0. The molecule has 1 aliphatic rings. The lowest BCUT2D eigenvalue weighted by Crippen LogP contribution is -2.49. The normalized spacial score (nSPS) is 13.9. The van der Waals surface area contributed by atoms with Crippen LogP contribution in [0.25, 0.3) is 11.4 Å². The number of unbranched alkanes of at least 4 members (excludes halogenated alkanes) is 1. The van der Waals surface area contributed by atoms with Crippen LogP contribution in [0.3, 0.4) is 0 Å². The van der Waals surface area contributed by atoms with E-state index >= 15 is 0 Å². The largest absolute Gasteiger partial charge is 0.353 e. The second-order valence-corrected chi connectivity index (χ2v) is 9.24. The van der Waals surface area contributed by atoms with Gasteiger partial charge in [0.05, 0.1) is 0 Å². The van der Waals surface area contributed by atoms with Crippen LogP contribution in [0.5, 0.6) is 0 Å². The summed E-state index contributed by atoms with van der Waals surface area (Å²) >= 11 is 0. The summed E-state index contributed by atoms with van der Waals surface area (Å²) in [6.45, 7) is 11.5. The zero-order chi connectivity index (χ0) is 24.1. The van der Waals surface area contributed by atoms with E-state index in [1.807, 2.05) is 17.0 Å².